The second-order valence-electron chi connectivity index (χ2n) is 4.05. The van der Waals surface area contributed by atoms with Crippen molar-refractivity contribution in [2.45, 2.75) is 32.8 Å². The summed E-state index contributed by atoms with van der Waals surface area (Å²) in [4.78, 5) is 0. The smallest absolute Gasteiger partial charge is 0.125 e. The van der Waals surface area contributed by atoms with Gasteiger partial charge in [-0.15, -0.1) is 0 Å². The highest BCUT2D eigenvalue weighted by molar-refractivity contribution is 6.32. The van der Waals surface area contributed by atoms with E-state index in [1.54, 1.807) is 0 Å². The predicted octanol–water partition coefficient (Wildman–Crippen LogP) is 3.16. The lowest BCUT2D eigenvalue weighted by molar-refractivity contribution is 0.167. The molecule has 1 aliphatic rings. The Bertz CT molecular complexity index is 388. The Kier molecular flexibility index (Phi) is 2.89. The van der Waals surface area contributed by atoms with Crippen LogP contribution in [0.4, 0.5) is 0 Å². The zero-order chi connectivity index (χ0) is 11.0. The molecule has 0 bridgehead atoms. The lowest BCUT2D eigenvalue weighted by Crippen LogP contribution is -2.01. The van der Waals surface area contributed by atoms with Gasteiger partial charge in [0.25, 0.3) is 0 Å². The molecule has 0 aliphatic carbocycles. The van der Waals surface area contributed by atoms with E-state index >= 15 is 0 Å². The number of aliphatic hydroxyl groups excluding tert-OH is 1. The van der Waals surface area contributed by atoms with Crippen molar-refractivity contribution >= 4 is 11.6 Å². The molecule has 0 saturated carbocycles. The van der Waals surface area contributed by atoms with E-state index < -0.39 is 6.10 Å². The predicted molar refractivity (Wildman–Crippen MR) is 60.6 cm³/mol. The van der Waals surface area contributed by atoms with Crippen LogP contribution in [0.15, 0.2) is 6.07 Å². The Morgan fingerprint density at radius 1 is 1.47 bits per heavy atom. The Morgan fingerprint density at radius 3 is 2.93 bits per heavy atom. The lowest BCUT2D eigenvalue weighted by Gasteiger charge is -2.16. The van der Waals surface area contributed by atoms with E-state index in [4.69, 9.17) is 16.3 Å². The Labute approximate surface area is 94.8 Å². The SMILES string of the molecule is Cc1cc2c(c(C)c1Cl)C(O)CCCO2. The number of aliphatic hydroxyl groups is 1. The van der Waals surface area contributed by atoms with Gasteiger partial charge in [0.05, 0.1) is 12.7 Å². The molecule has 15 heavy (non-hydrogen) atoms. The minimum Gasteiger partial charge on any atom is -0.493 e. The van der Waals surface area contributed by atoms with Crippen molar-refractivity contribution < 1.29 is 9.84 Å². The van der Waals surface area contributed by atoms with Gasteiger partial charge in [-0.05, 0) is 43.9 Å². The average Bonchev–Trinajstić information content (AvgIpc) is 2.37. The van der Waals surface area contributed by atoms with Crippen LogP contribution in [0.5, 0.6) is 5.75 Å². The van der Waals surface area contributed by atoms with Crippen LogP contribution >= 0.6 is 11.6 Å². The first kappa shape index (κ1) is 10.8. The molecule has 3 heteroatoms. The number of rotatable bonds is 0. The standard InChI is InChI=1S/C12H15ClO2/c1-7-6-10-11(8(2)12(7)13)9(14)4-3-5-15-10/h6,9,14H,3-5H2,1-2H3. The Balaban J connectivity index is 2.61. The average molecular weight is 227 g/mol. The Hall–Kier alpha value is -0.730. The van der Waals surface area contributed by atoms with Crippen LogP contribution in [0.3, 0.4) is 0 Å². The van der Waals surface area contributed by atoms with E-state index in [2.05, 4.69) is 0 Å². The number of ether oxygens (including phenoxy) is 1. The Morgan fingerprint density at radius 2 is 2.20 bits per heavy atom. The fourth-order valence-electron chi connectivity index (χ4n) is 2.07. The molecule has 0 spiro atoms. The molecule has 2 rings (SSSR count). The summed E-state index contributed by atoms with van der Waals surface area (Å²) < 4.78 is 5.62. The molecule has 0 aromatic heterocycles. The van der Waals surface area contributed by atoms with Crippen LogP contribution in [0.2, 0.25) is 5.02 Å². The van der Waals surface area contributed by atoms with Crippen molar-refractivity contribution in [3.05, 3.63) is 27.8 Å². The minimum atomic E-state index is -0.444. The molecular weight excluding hydrogens is 212 g/mol. The molecule has 1 N–H and O–H groups in total. The largest absolute Gasteiger partial charge is 0.493 e. The van der Waals surface area contributed by atoms with Gasteiger partial charge < -0.3 is 9.84 Å². The summed E-state index contributed by atoms with van der Waals surface area (Å²) in [7, 11) is 0. The third-order valence-electron chi connectivity index (χ3n) is 2.91. The molecule has 0 radical (unpaired) electrons. The van der Waals surface area contributed by atoms with Crippen LogP contribution < -0.4 is 4.74 Å². The van der Waals surface area contributed by atoms with Gasteiger partial charge in [0.2, 0.25) is 0 Å². The number of benzene rings is 1. The highest BCUT2D eigenvalue weighted by atomic mass is 35.5. The van der Waals surface area contributed by atoms with Crippen molar-refractivity contribution in [2.24, 2.45) is 0 Å². The molecule has 0 amide bonds. The summed E-state index contributed by atoms with van der Waals surface area (Å²) in [5.41, 5.74) is 2.81. The van der Waals surface area contributed by atoms with Crippen LogP contribution in [0, 0.1) is 13.8 Å². The molecule has 1 atom stereocenters. The summed E-state index contributed by atoms with van der Waals surface area (Å²) >= 11 is 6.17. The zero-order valence-corrected chi connectivity index (χ0v) is 9.77. The third-order valence-corrected chi connectivity index (χ3v) is 3.49. The van der Waals surface area contributed by atoms with E-state index in [1.165, 1.54) is 0 Å². The summed E-state index contributed by atoms with van der Waals surface area (Å²) in [5.74, 6) is 0.791. The van der Waals surface area contributed by atoms with Gasteiger partial charge in [-0.25, -0.2) is 0 Å². The number of fused-ring (bicyclic) bond motifs is 1. The number of hydrogen-bond acceptors (Lipinski definition) is 2. The molecule has 1 aliphatic heterocycles. The second-order valence-corrected chi connectivity index (χ2v) is 4.43. The van der Waals surface area contributed by atoms with E-state index in [-0.39, 0.29) is 0 Å². The van der Waals surface area contributed by atoms with Gasteiger partial charge in [-0.2, -0.15) is 0 Å². The molecule has 0 fully saturated rings. The quantitative estimate of drug-likeness (QED) is 0.737. The number of hydrogen-bond donors (Lipinski definition) is 1. The molecule has 82 valence electrons. The molecule has 1 aromatic carbocycles. The van der Waals surface area contributed by atoms with Crippen LogP contribution in [-0.2, 0) is 0 Å². The molecule has 1 aromatic rings. The van der Waals surface area contributed by atoms with E-state index in [0.29, 0.717) is 6.61 Å². The van der Waals surface area contributed by atoms with E-state index in [9.17, 15) is 5.11 Å². The van der Waals surface area contributed by atoms with E-state index in [0.717, 1.165) is 40.3 Å². The van der Waals surface area contributed by atoms with Gasteiger partial charge in [0.1, 0.15) is 5.75 Å². The molecule has 1 unspecified atom stereocenters. The van der Waals surface area contributed by atoms with Crippen molar-refractivity contribution in [3.63, 3.8) is 0 Å². The van der Waals surface area contributed by atoms with Crippen molar-refractivity contribution in [3.8, 4) is 5.75 Å². The first-order chi connectivity index (χ1) is 7.11. The fourth-order valence-corrected chi connectivity index (χ4v) is 2.23. The third kappa shape index (κ3) is 1.84. The monoisotopic (exact) mass is 226 g/mol. The molecule has 0 saturated heterocycles. The van der Waals surface area contributed by atoms with Gasteiger partial charge in [-0.3, -0.25) is 0 Å². The summed E-state index contributed by atoms with van der Waals surface area (Å²) in [5, 5.41) is 10.7. The first-order valence-electron chi connectivity index (χ1n) is 5.21. The summed E-state index contributed by atoms with van der Waals surface area (Å²) in [6.45, 7) is 4.56. The van der Waals surface area contributed by atoms with E-state index in [1.807, 2.05) is 19.9 Å². The summed E-state index contributed by atoms with van der Waals surface area (Å²) in [6, 6.07) is 1.92. The summed E-state index contributed by atoms with van der Waals surface area (Å²) in [6.07, 6.45) is 1.18. The van der Waals surface area contributed by atoms with Crippen LogP contribution in [0.25, 0.3) is 0 Å². The van der Waals surface area contributed by atoms with Crippen molar-refractivity contribution in [1.29, 1.82) is 0 Å². The highest BCUT2D eigenvalue weighted by Crippen LogP contribution is 2.38. The van der Waals surface area contributed by atoms with Crippen LogP contribution in [0.1, 0.15) is 35.6 Å². The normalized spacial score (nSPS) is 20.4. The maximum atomic E-state index is 10.00. The van der Waals surface area contributed by atoms with Gasteiger partial charge in [0.15, 0.2) is 0 Å². The van der Waals surface area contributed by atoms with Crippen molar-refractivity contribution in [1.82, 2.24) is 0 Å². The highest BCUT2D eigenvalue weighted by Gasteiger charge is 2.22. The van der Waals surface area contributed by atoms with Gasteiger partial charge in [0, 0.05) is 10.6 Å². The van der Waals surface area contributed by atoms with Crippen LogP contribution in [-0.4, -0.2) is 11.7 Å². The number of halogens is 1. The lowest BCUT2D eigenvalue weighted by atomic mass is 9.98. The maximum absolute atomic E-state index is 10.00. The topological polar surface area (TPSA) is 29.5 Å². The second kappa shape index (κ2) is 4.03. The van der Waals surface area contributed by atoms with Gasteiger partial charge >= 0.3 is 0 Å². The first-order valence-corrected chi connectivity index (χ1v) is 5.59. The zero-order valence-electron chi connectivity index (χ0n) is 9.01. The fraction of sp³-hybridized carbons (Fsp3) is 0.500. The maximum Gasteiger partial charge on any atom is 0.125 e. The van der Waals surface area contributed by atoms with Gasteiger partial charge in [-0.1, -0.05) is 11.6 Å². The minimum absolute atomic E-state index is 0.444. The molecule has 2 nitrogen and oxygen atoms in total. The molecule has 1 heterocycles. The van der Waals surface area contributed by atoms with Crippen molar-refractivity contribution in [2.75, 3.05) is 6.61 Å². The number of aryl methyl sites for hydroxylation is 1. The molecular formula is C12H15ClO2.